The van der Waals surface area contributed by atoms with Gasteiger partial charge in [-0.15, -0.1) is 0 Å². The van der Waals surface area contributed by atoms with Gasteiger partial charge in [0.15, 0.2) is 0 Å². The van der Waals surface area contributed by atoms with E-state index in [1.807, 2.05) is 0 Å². The Labute approximate surface area is 113 Å². The van der Waals surface area contributed by atoms with Crippen LogP contribution in [0.3, 0.4) is 0 Å². The SMILES string of the molecule is c1cc2c(cc1-c1ccc3c(c1)CCCN3)COC2. The van der Waals surface area contributed by atoms with Crippen LogP contribution in [0, 0.1) is 0 Å². The Hall–Kier alpha value is -1.80. The topological polar surface area (TPSA) is 21.3 Å². The molecule has 0 aliphatic carbocycles. The summed E-state index contributed by atoms with van der Waals surface area (Å²) < 4.78 is 5.49. The molecule has 0 unspecified atom stereocenters. The summed E-state index contributed by atoms with van der Waals surface area (Å²) in [6.45, 7) is 2.63. The Morgan fingerprint density at radius 3 is 2.58 bits per heavy atom. The van der Waals surface area contributed by atoms with Gasteiger partial charge in [0.25, 0.3) is 0 Å². The smallest absolute Gasteiger partial charge is 0.0725 e. The van der Waals surface area contributed by atoms with Gasteiger partial charge in [-0.25, -0.2) is 0 Å². The summed E-state index contributed by atoms with van der Waals surface area (Å²) in [4.78, 5) is 0. The minimum atomic E-state index is 0.760. The summed E-state index contributed by atoms with van der Waals surface area (Å²) >= 11 is 0. The molecule has 2 aliphatic heterocycles. The highest BCUT2D eigenvalue weighted by atomic mass is 16.5. The number of nitrogens with one attached hydrogen (secondary N) is 1. The van der Waals surface area contributed by atoms with Crippen LogP contribution < -0.4 is 5.32 Å². The van der Waals surface area contributed by atoms with E-state index >= 15 is 0 Å². The number of benzene rings is 2. The molecule has 2 heteroatoms. The van der Waals surface area contributed by atoms with Crippen LogP contribution in [0.25, 0.3) is 11.1 Å². The van der Waals surface area contributed by atoms with Crippen LogP contribution in [0.5, 0.6) is 0 Å². The number of rotatable bonds is 1. The maximum atomic E-state index is 5.49. The molecular formula is C17H17NO. The highest BCUT2D eigenvalue weighted by molar-refractivity contribution is 5.70. The van der Waals surface area contributed by atoms with Gasteiger partial charge in [-0.05, 0) is 58.9 Å². The molecule has 0 aromatic heterocycles. The van der Waals surface area contributed by atoms with Crippen LogP contribution in [0.15, 0.2) is 36.4 Å². The summed E-state index contributed by atoms with van der Waals surface area (Å²) in [7, 11) is 0. The molecule has 0 bridgehead atoms. The van der Waals surface area contributed by atoms with E-state index in [-0.39, 0.29) is 0 Å². The third-order valence-corrected chi connectivity index (χ3v) is 4.10. The van der Waals surface area contributed by atoms with E-state index in [4.69, 9.17) is 4.74 Å². The largest absolute Gasteiger partial charge is 0.385 e. The highest BCUT2D eigenvalue weighted by Crippen LogP contribution is 2.31. The zero-order valence-electron chi connectivity index (χ0n) is 10.9. The van der Waals surface area contributed by atoms with Gasteiger partial charge >= 0.3 is 0 Å². The zero-order chi connectivity index (χ0) is 12.7. The first-order valence-electron chi connectivity index (χ1n) is 6.97. The van der Waals surface area contributed by atoms with E-state index in [1.54, 1.807) is 0 Å². The fourth-order valence-corrected chi connectivity index (χ4v) is 3.01. The molecule has 2 aromatic carbocycles. The average molecular weight is 251 g/mol. The Balaban J connectivity index is 1.76. The molecule has 1 N–H and O–H groups in total. The van der Waals surface area contributed by atoms with Gasteiger partial charge in [-0.3, -0.25) is 0 Å². The van der Waals surface area contributed by atoms with Crippen molar-refractivity contribution in [3.8, 4) is 11.1 Å². The number of hydrogen-bond donors (Lipinski definition) is 1. The fraction of sp³-hybridized carbons (Fsp3) is 0.294. The second kappa shape index (κ2) is 4.39. The maximum Gasteiger partial charge on any atom is 0.0725 e. The minimum Gasteiger partial charge on any atom is -0.385 e. The van der Waals surface area contributed by atoms with E-state index in [1.165, 1.54) is 46.3 Å². The summed E-state index contributed by atoms with van der Waals surface area (Å²) in [6.07, 6.45) is 2.42. The molecule has 2 aromatic rings. The number of fused-ring (bicyclic) bond motifs is 2. The summed E-state index contributed by atoms with van der Waals surface area (Å²) in [5.74, 6) is 0. The number of aryl methyl sites for hydroxylation is 1. The van der Waals surface area contributed by atoms with Crippen molar-refractivity contribution in [3.63, 3.8) is 0 Å². The minimum absolute atomic E-state index is 0.760. The van der Waals surface area contributed by atoms with Gasteiger partial charge in [0.1, 0.15) is 0 Å². The van der Waals surface area contributed by atoms with Crippen LogP contribution >= 0.6 is 0 Å². The molecule has 96 valence electrons. The van der Waals surface area contributed by atoms with Gasteiger partial charge in [-0.1, -0.05) is 18.2 Å². The number of hydrogen-bond acceptors (Lipinski definition) is 2. The Morgan fingerprint density at radius 2 is 1.63 bits per heavy atom. The summed E-state index contributed by atoms with van der Waals surface area (Å²) in [5, 5.41) is 3.46. The lowest BCUT2D eigenvalue weighted by Gasteiger charge is -2.18. The van der Waals surface area contributed by atoms with Crippen molar-refractivity contribution < 1.29 is 4.74 Å². The van der Waals surface area contributed by atoms with Crippen molar-refractivity contribution in [3.05, 3.63) is 53.1 Å². The first kappa shape index (κ1) is 11.1. The first-order valence-corrected chi connectivity index (χ1v) is 6.97. The molecule has 2 aliphatic rings. The molecule has 0 fully saturated rings. The van der Waals surface area contributed by atoms with Gasteiger partial charge in [0, 0.05) is 12.2 Å². The second-order valence-electron chi connectivity index (χ2n) is 5.38. The van der Waals surface area contributed by atoms with Crippen LogP contribution in [-0.2, 0) is 24.4 Å². The average Bonchev–Trinajstić information content (AvgIpc) is 2.94. The molecule has 0 amide bonds. The van der Waals surface area contributed by atoms with Gasteiger partial charge in [-0.2, -0.15) is 0 Å². The molecule has 0 atom stereocenters. The monoisotopic (exact) mass is 251 g/mol. The normalized spacial score (nSPS) is 16.6. The number of anilines is 1. The predicted octanol–water partition coefficient (Wildman–Crippen LogP) is 3.74. The van der Waals surface area contributed by atoms with Gasteiger partial charge in [0.05, 0.1) is 13.2 Å². The standard InChI is InChI=1S/C17H17NO/c1-2-14-8-13(5-6-17(14)18-7-1)12-3-4-15-10-19-11-16(15)9-12/h3-6,8-9,18H,1-2,7,10-11H2. The number of ether oxygens (including phenoxy) is 1. The van der Waals surface area contributed by atoms with Crippen molar-refractivity contribution in [2.75, 3.05) is 11.9 Å². The van der Waals surface area contributed by atoms with Crippen LogP contribution in [0.2, 0.25) is 0 Å². The lowest BCUT2D eigenvalue weighted by atomic mass is 9.95. The quantitative estimate of drug-likeness (QED) is 0.833. The molecule has 0 saturated carbocycles. The third-order valence-electron chi connectivity index (χ3n) is 4.10. The highest BCUT2D eigenvalue weighted by Gasteiger charge is 2.13. The Morgan fingerprint density at radius 1 is 0.842 bits per heavy atom. The van der Waals surface area contributed by atoms with Gasteiger partial charge < -0.3 is 10.1 Å². The summed E-state index contributed by atoms with van der Waals surface area (Å²) in [6, 6.07) is 13.5. The lowest BCUT2D eigenvalue weighted by Crippen LogP contribution is -2.11. The molecule has 0 radical (unpaired) electrons. The van der Waals surface area contributed by atoms with Crippen molar-refractivity contribution in [1.82, 2.24) is 0 Å². The molecule has 4 rings (SSSR count). The Bertz CT molecular complexity index is 633. The van der Waals surface area contributed by atoms with Crippen molar-refractivity contribution in [2.45, 2.75) is 26.1 Å². The molecule has 19 heavy (non-hydrogen) atoms. The maximum absolute atomic E-state index is 5.49. The van der Waals surface area contributed by atoms with Crippen molar-refractivity contribution in [1.29, 1.82) is 0 Å². The molecule has 0 spiro atoms. The zero-order valence-corrected chi connectivity index (χ0v) is 10.9. The van der Waals surface area contributed by atoms with Crippen molar-refractivity contribution in [2.24, 2.45) is 0 Å². The van der Waals surface area contributed by atoms with E-state index in [2.05, 4.69) is 41.7 Å². The van der Waals surface area contributed by atoms with E-state index < -0.39 is 0 Å². The second-order valence-corrected chi connectivity index (χ2v) is 5.38. The first-order chi connectivity index (χ1) is 9.40. The fourth-order valence-electron chi connectivity index (χ4n) is 3.01. The van der Waals surface area contributed by atoms with E-state index in [0.29, 0.717) is 0 Å². The molecular weight excluding hydrogens is 234 g/mol. The Kier molecular flexibility index (Phi) is 2.56. The van der Waals surface area contributed by atoms with Gasteiger partial charge in [0.2, 0.25) is 0 Å². The van der Waals surface area contributed by atoms with Crippen LogP contribution in [-0.4, -0.2) is 6.54 Å². The molecule has 2 nitrogen and oxygen atoms in total. The molecule has 2 heterocycles. The summed E-state index contributed by atoms with van der Waals surface area (Å²) in [5.41, 5.74) is 8.05. The third kappa shape index (κ3) is 1.92. The van der Waals surface area contributed by atoms with Crippen LogP contribution in [0.4, 0.5) is 5.69 Å². The predicted molar refractivity (Wildman–Crippen MR) is 77.2 cm³/mol. The lowest BCUT2D eigenvalue weighted by molar-refractivity contribution is 0.134. The molecule has 0 saturated heterocycles. The van der Waals surface area contributed by atoms with E-state index in [9.17, 15) is 0 Å². The van der Waals surface area contributed by atoms with Crippen molar-refractivity contribution >= 4 is 5.69 Å². The van der Waals surface area contributed by atoms with Crippen LogP contribution in [0.1, 0.15) is 23.1 Å². The van der Waals surface area contributed by atoms with E-state index in [0.717, 1.165) is 19.8 Å².